The van der Waals surface area contributed by atoms with Gasteiger partial charge in [-0.1, -0.05) is 6.92 Å². The Balaban J connectivity index is 1.74. The predicted molar refractivity (Wildman–Crippen MR) is 117 cm³/mol. The highest BCUT2D eigenvalue weighted by Crippen LogP contribution is 2.41. The first-order valence-corrected chi connectivity index (χ1v) is 11.2. The van der Waals surface area contributed by atoms with Gasteiger partial charge in [-0.3, -0.25) is 4.79 Å². The van der Waals surface area contributed by atoms with Crippen LogP contribution in [0.4, 0.5) is 0 Å². The second-order valence-corrected chi connectivity index (χ2v) is 8.73. The number of hydrogen-bond donors (Lipinski definition) is 0. The summed E-state index contributed by atoms with van der Waals surface area (Å²) in [5.41, 5.74) is 5.33. The van der Waals surface area contributed by atoms with Crippen molar-refractivity contribution in [3.05, 3.63) is 34.6 Å². The highest BCUT2D eigenvalue weighted by atomic mass is 16.5. The molecule has 1 aromatic carbocycles. The van der Waals surface area contributed by atoms with Gasteiger partial charge in [-0.05, 0) is 70.4 Å². The number of aryl methyl sites for hydroxylation is 3. The second-order valence-electron chi connectivity index (χ2n) is 8.73. The summed E-state index contributed by atoms with van der Waals surface area (Å²) in [5, 5.41) is 1.20. The first kappa shape index (κ1) is 20.1. The maximum atomic E-state index is 12.9. The van der Waals surface area contributed by atoms with E-state index in [1.807, 2.05) is 18.7 Å². The summed E-state index contributed by atoms with van der Waals surface area (Å²) in [4.78, 5) is 14.9. The Labute approximate surface area is 173 Å². The quantitative estimate of drug-likeness (QED) is 0.626. The Kier molecular flexibility index (Phi) is 5.71. The molecule has 1 aliphatic heterocycles. The van der Waals surface area contributed by atoms with Crippen molar-refractivity contribution in [3.8, 4) is 5.75 Å². The number of benzene rings is 1. The number of carbonyl (C=O) groups excluding carboxylic acids is 1. The average Bonchev–Trinajstić information content (AvgIpc) is 3.09. The van der Waals surface area contributed by atoms with Gasteiger partial charge in [0.05, 0.1) is 6.61 Å². The second kappa shape index (κ2) is 8.25. The minimum Gasteiger partial charge on any atom is -0.493 e. The molecule has 0 saturated carbocycles. The molecular weight excluding hydrogens is 362 g/mol. The molecule has 4 nitrogen and oxygen atoms in total. The molecule has 1 aromatic heterocycles. The third-order valence-electron chi connectivity index (χ3n) is 6.58. The number of allylic oxidation sites excluding steroid dienone is 1. The molecule has 0 spiro atoms. The molecule has 29 heavy (non-hydrogen) atoms. The monoisotopic (exact) mass is 395 g/mol. The fraction of sp³-hybridized carbons (Fsp3) is 0.560. The standard InChI is InChI=1S/C25H33NO3/c1-5-28-24-18(4)25-21(19-8-6-7-9-22(19)29-25)15-20(24)17(3)14-23(27)26-12-10-16(2)11-13-26/h14-16H,5-13H2,1-4H3/b17-14+. The maximum absolute atomic E-state index is 12.9. The fourth-order valence-corrected chi connectivity index (χ4v) is 4.74. The van der Waals surface area contributed by atoms with Crippen molar-refractivity contribution in [2.75, 3.05) is 19.7 Å². The van der Waals surface area contributed by atoms with Crippen molar-refractivity contribution in [2.24, 2.45) is 5.92 Å². The van der Waals surface area contributed by atoms with E-state index in [-0.39, 0.29) is 5.91 Å². The number of hydrogen-bond acceptors (Lipinski definition) is 3. The lowest BCUT2D eigenvalue weighted by molar-refractivity contribution is -0.127. The van der Waals surface area contributed by atoms with Crippen LogP contribution in [0.1, 0.15) is 68.9 Å². The fourth-order valence-electron chi connectivity index (χ4n) is 4.74. The van der Waals surface area contributed by atoms with Gasteiger partial charge in [-0.15, -0.1) is 0 Å². The summed E-state index contributed by atoms with van der Waals surface area (Å²) in [6.45, 7) is 10.7. The van der Waals surface area contributed by atoms with Gasteiger partial charge in [0.15, 0.2) is 0 Å². The summed E-state index contributed by atoms with van der Waals surface area (Å²) < 4.78 is 12.3. The molecule has 1 fully saturated rings. The summed E-state index contributed by atoms with van der Waals surface area (Å²) in [6, 6.07) is 2.19. The van der Waals surface area contributed by atoms with Gasteiger partial charge < -0.3 is 14.1 Å². The average molecular weight is 396 g/mol. The van der Waals surface area contributed by atoms with Crippen LogP contribution in [0, 0.1) is 12.8 Å². The number of nitrogens with zero attached hydrogens (tertiary/aromatic N) is 1. The number of furan rings is 1. The molecule has 4 rings (SSSR count). The van der Waals surface area contributed by atoms with E-state index in [0.717, 1.165) is 72.6 Å². The van der Waals surface area contributed by atoms with E-state index >= 15 is 0 Å². The third-order valence-corrected chi connectivity index (χ3v) is 6.58. The Bertz CT molecular complexity index is 945. The molecule has 0 bridgehead atoms. The SMILES string of the molecule is CCOc1c(/C(C)=C/C(=O)N2CCC(C)CC2)cc2c3c(oc2c1C)CCCC3. The number of fused-ring (bicyclic) bond motifs is 3. The molecule has 1 aliphatic carbocycles. The molecule has 0 N–H and O–H groups in total. The molecule has 2 aromatic rings. The van der Waals surface area contributed by atoms with Crippen molar-refractivity contribution < 1.29 is 13.9 Å². The summed E-state index contributed by atoms with van der Waals surface area (Å²) in [7, 11) is 0. The maximum Gasteiger partial charge on any atom is 0.246 e. The van der Waals surface area contributed by atoms with Crippen molar-refractivity contribution in [2.45, 2.75) is 66.2 Å². The number of rotatable bonds is 4. The number of piperidine rings is 1. The molecule has 1 saturated heterocycles. The summed E-state index contributed by atoms with van der Waals surface area (Å²) >= 11 is 0. The number of likely N-dealkylation sites (tertiary alicyclic amines) is 1. The van der Waals surface area contributed by atoms with E-state index in [2.05, 4.69) is 19.9 Å². The molecule has 0 radical (unpaired) electrons. The highest BCUT2D eigenvalue weighted by Gasteiger charge is 2.24. The number of amides is 1. The Morgan fingerprint density at radius 2 is 2.00 bits per heavy atom. The predicted octanol–water partition coefficient (Wildman–Crippen LogP) is 5.68. The molecular formula is C25H33NO3. The van der Waals surface area contributed by atoms with Gasteiger partial charge in [0.1, 0.15) is 17.1 Å². The van der Waals surface area contributed by atoms with Crippen molar-refractivity contribution in [1.29, 1.82) is 0 Å². The van der Waals surface area contributed by atoms with Crippen LogP contribution in [0.3, 0.4) is 0 Å². The Hall–Kier alpha value is -2.23. The number of carbonyl (C=O) groups is 1. The zero-order valence-electron chi connectivity index (χ0n) is 18.3. The lowest BCUT2D eigenvalue weighted by Gasteiger charge is -2.29. The van der Waals surface area contributed by atoms with Crippen LogP contribution < -0.4 is 4.74 Å². The molecule has 156 valence electrons. The minimum atomic E-state index is 0.115. The van der Waals surface area contributed by atoms with Crippen LogP contribution in [0.5, 0.6) is 5.75 Å². The molecule has 0 atom stereocenters. The first-order valence-electron chi connectivity index (χ1n) is 11.2. The van der Waals surface area contributed by atoms with Gasteiger partial charge in [-0.25, -0.2) is 0 Å². The molecule has 0 unspecified atom stereocenters. The third kappa shape index (κ3) is 3.82. The van der Waals surface area contributed by atoms with Crippen molar-refractivity contribution in [3.63, 3.8) is 0 Å². The largest absolute Gasteiger partial charge is 0.493 e. The van der Waals surface area contributed by atoms with Crippen LogP contribution in [0.15, 0.2) is 16.6 Å². The van der Waals surface area contributed by atoms with E-state index < -0.39 is 0 Å². The lowest BCUT2D eigenvalue weighted by Crippen LogP contribution is -2.36. The van der Waals surface area contributed by atoms with Gasteiger partial charge in [-0.2, -0.15) is 0 Å². The van der Waals surface area contributed by atoms with Crippen molar-refractivity contribution >= 4 is 22.4 Å². The molecule has 4 heteroatoms. The van der Waals surface area contributed by atoms with Crippen LogP contribution >= 0.6 is 0 Å². The van der Waals surface area contributed by atoms with Crippen LogP contribution in [0.2, 0.25) is 0 Å². The molecule has 1 amide bonds. The van der Waals surface area contributed by atoms with Gasteiger partial charge in [0, 0.05) is 47.7 Å². The Morgan fingerprint density at radius 1 is 1.28 bits per heavy atom. The molecule has 2 aliphatic rings. The van der Waals surface area contributed by atoms with E-state index in [4.69, 9.17) is 9.15 Å². The Morgan fingerprint density at radius 3 is 2.72 bits per heavy atom. The highest BCUT2D eigenvalue weighted by molar-refractivity contribution is 5.98. The van der Waals surface area contributed by atoms with Gasteiger partial charge in [0.2, 0.25) is 5.91 Å². The zero-order chi connectivity index (χ0) is 20.5. The smallest absolute Gasteiger partial charge is 0.246 e. The topological polar surface area (TPSA) is 42.7 Å². The summed E-state index contributed by atoms with van der Waals surface area (Å²) in [6.07, 6.45) is 8.48. The van der Waals surface area contributed by atoms with Gasteiger partial charge >= 0.3 is 0 Å². The van der Waals surface area contributed by atoms with Crippen molar-refractivity contribution in [1.82, 2.24) is 4.90 Å². The lowest BCUT2D eigenvalue weighted by atomic mass is 9.92. The first-order chi connectivity index (χ1) is 14.0. The normalized spacial score (nSPS) is 18.2. The van der Waals surface area contributed by atoms with E-state index in [9.17, 15) is 4.79 Å². The zero-order valence-corrected chi connectivity index (χ0v) is 18.3. The minimum absolute atomic E-state index is 0.115. The van der Waals surface area contributed by atoms with E-state index in [1.165, 1.54) is 23.8 Å². The summed E-state index contributed by atoms with van der Waals surface area (Å²) in [5.74, 6) is 2.81. The van der Waals surface area contributed by atoms with Crippen LogP contribution in [-0.4, -0.2) is 30.5 Å². The van der Waals surface area contributed by atoms with Gasteiger partial charge in [0.25, 0.3) is 0 Å². The van der Waals surface area contributed by atoms with E-state index in [0.29, 0.717) is 12.5 Å². The van der Waals surface area contributed by atoms with Crippen LogP contribution in [-0.2, 0) is 17.6 Å². The molecule has 2 heterocycles. The van der Waals surface area contributed by atoms with Crippen LogP contribution in [0.25, 0.3) is 16.5 Å². The van der Waals surface area contributed by atoms with E-state index in [1.54, 1.807) is 6.08 Å². The number of ether oxygens (including phenoxy) is 1.